The first-order valence-electron chi connectivity index (χ1n) is 5.74. The molecule has 0 spiro atoms. The van der Waals surface area contributed by atoms with Crippen molar-refractivity contribution in [2.24, 2.45) is 0 Å². The molecule has 0 saturated heterocycles. The number of nitrogens with zero attached hydrogens (tertiary/aromatic N) is 2. The number of halogens is 4. The Hall–Kier alpha value is -1.60. The summed E-state index contributed by atoms with van der Waals surface area (Å²) < 4.78 is 57.6. The molecule has 4 nitrogen and oxygen atoms in total. The zero-order valence-electron chi connectivity index (χ0n) is 10.1. The molecule has 0 fully saturated rings. The third-order valence-corrected chi connectivity index (χ3v) is 2.85. The van der Waals surface area contributed by atoms with E-state index in [1.165, 1.54) is 0 Å². The minimum atomic E-state index is -3.06. The van der Waals surface area contributed by atoms with Gasteiger partial charge in [0.2, 0.25) is 0 Å². The summed E-state index contributed by atoms with van der Waals surface area (Å²) >= 11 is 0. The normalized spacial score (nSPS) is 16.7. The van der Waals surface area contributed by atoms with Crippen molar-refractivity contribution in [2.45, 2.75) is 38.7 Å². The van der Waals surface area contributed by atoms with Crippen LogP contribution in [0.4, 0.5) is 17.6 Å². The topological polar surface area (TPSA) is 44.1 Å². The van der Waals surface area contributed by atoms with Gasteiger partial charge in [-0.15, -0.1) is 0 Å². The van der Waals surface area contributed by atoms with E-state index in [-0.39, 0.29) is 17.9 Å². The fraction of sp³-hybridized carbons (Fsp3) is 0.636. The molecule has 19 heavy (non-hydrogen) atoms. The second kappa shape index (κ2) is 4.82. The van der Waals surface area contributed by atoms with Crippen LogP contribution in [-0.4, -0.2) is 28.3 Å². The van der Waals surface area contributed by atoms with Gasteiger partial charge >= 0.3 is 5.97 Å². The van der Waals surface area contributed by atoms with Crippen LogP contribution in [0.5, 0.6) is 0 Å². The molecular weight excluding hydrogens is 268 g/mol. The number of alkyl halides is 4. The minimum Gasteiger partial charge on any atom is -0.465 e. The Bertz CT molecular complexity index is 499. The predicted octanol–water partition coefficient (Wildman–Crippen LogP) is 2.12. The van der Waals surface area contributed by atoms with E-state index in [9.17, 15) is 22.4 Å². The summed E-state index contributed by atoms with van der Waals surface area (Å²) in [7, 11) is 0. The summed E-state index contributed by atoms with van der Waals surface area (Å²) in [5.74, 6) is -3.75. The highest BCUT2D eigenvalue weighted by molar-refractivity contribution is 5.69. The van der Waals surface area contributed by atoms with Crippen LogP contribution in [0, 0.1) is 0 Å². The Morgan fingerprint density at radius 3 is 2.74 bits per heavy atom. The number of hydrogen-bond acceptors (Lipinski definition) is 3. The summed E-state index contributed by atoms with van der Waals surface area (Å²) in [6.45, 7) is 1.28. The highest BCUT2D eigenvalue weighted by Gasteiger charge is 2.43. The Morgan fingerprint density at radius 2 is 2.16 bits per heavy atom. The van der Waals surface area contributed by atoms with Crippen molar-refractivity contribution in [1.29, 1.82) is 0 Å². The van der Waals surface area contributed by atoms with Gasteiger partial charge in [-0.2, -0.15) is 5.10 Å². The zero-order chi connectivity index (χ0) is 14.2. The molecule has 1 heterocycles. The van der Waals surface area contributed by atoms with Gasteiger partial charge in [-0.05, 0) is 6.92 Å². The van der Waals surface area contributed by atoms with Gasteiger partial charge in [0.05, 0.1) is 13.0 Å². The van der Waals surface area contributed by atoms with Crippen LogP contribution in [0.15, 0.2) is 0 Å². The lowest BCUT2D eigenvalue weighted by Crippen LogP contribution is -2.21. The summed E-state index contributed by atoms with van der Waals surface area (Å²) in [5.41, 5.74) is -0.825. The number of rotatable bonds is 4. The molecule has 0 bridgehead atoms. The summed E-state index contributed by atoms with van der Waals surface area (Å²) in [4.78, 5) is 11.3. The summed E-state index contributed by atoms with van der Waals surface area (Å²) in [5, 5.41) is 3.55. The van der Waals surface area contributed by atoms with Crippen LogP contribution < -0.4 is 0 Å². The number of hydrogen-bond donors (Lipinski definition) is 0. The minimum absolute atomic E-state index is 0.00615. The van der Waals surface area contributed by atoms with E-state index in [1.54, 1.807) is 6.92 Å². The van der Waals surface area contributed by atoms with E-state index in [0.717, 1.165) is 4.68 Å². The van der Waals surface area contributed by atoms with Crippen LogP contribution in [0.25, 0.3) is 0 Å². The number of carbonyl (C=O) groups is 1. The van der Waals surface area contributed by atoms with Crippen molar-refractivity contribution >= 4 is 5.97 Å². The van der Waals surface area contributed by atoms with E-state index >= 15 is 0 Å². The standard InChI is InChI=1S/C11H12F4N2O2/c1-2-19-8(18)5-17-7-4-11(14,15)3-6(7)9(16-17)10(12)13/h10H,2-5H2,1H3. The van der Waals surface area contributed by atoms with Crippen LogP contribution in [0.1, 0.15) is 30.3 Å². The van der Waals surface area contributed by atoms with Gasteiger partial charge in [0.1, 0.15) is 12.2 Å². The molecule has 1 aromatic rings. The van der Waals surface area contributed by atoms with Gasteiger partial charge < -0.3 is 4.74 Å². The monoisotopic (exact) mass is 280 g/mol. The Kier molecular flexibility index (Phi) is 3.51. The van der Waals surface area contributed by atoms with Crippen molar-refractivity contribution < 1.29 is 27.1 Å². The largest absolute Gasteiger partial charge is 0.465 e. The van der Waals surface area contributed by atoms with E-state index in [2.05, 4.69) is 9.84 Å². The van der Waals surface area contributed by atoms with Crippen LogP contribution in [0.2, 0.25) is 0 Å². The first-order chi connectivity index (χ1) is 8.84. The molecule has 0 saturated carbocycles. The lowest BCUT2D eigenvalue weighted by atomic mass is 10.2. The fourth-order valence-electron chi connectivity index (χ4n) is 2.15. The summed E-state index contributed by atoms with van der Waals surface area (Å²) in [6, 6.07) is 0. The highest BCUT2D eigenvalue weighted by atomic mass is 19.3. The second-order valence-electron chi connectivity index (χ2n) is 4.28. The quantitative estimate of drug-likeness (QED) is 0.627. The Labute approximate surface area is 106 Å². The average molecular weight is 280 g/mol. The van der Waals surface area contributed by atoms with Crippen LogP contribution in [-0.2, 0) is 28.9 Å². The molecular formula is C11H12F4N2O2. The zero-order valence-corrected chi connectivity index (χ0v) is 10.1. The molecule has 1 aliphatic carbocycles. The van der Waals surface area contributed by atoms with Crippen molar-refractivity contribution in [3.05, 3.63) is 17.0 Å². The first-order valence-corrected chi connectivity index (χ1v) is 5.74. The molecule has 0 aromatic carbocycles. The third-order valence-electron chi connectivity index (χ3n) is 2.85. The smallest absolute Gasteiger partial charge is 0.327 e. The Morgan fingerprint density at radius 1 is 1.47 bits per heavy atom. The van der Waals surface area contributed by atoms with E-state index < -0.39 is 43.4 Å². The molecule has 0 N–H and O–H groups in total. The Balaban J connectivity index is 2.31. The number of esters is 1. The lowest BCUT2D eigenvalue weighted by molar-refractivity contribution is -0.144. The molecule has 1 aliphatic rings. The SMILES string of the molecule is CCOC(=O)Cn1nc(C(F)F)c2c1CC(F)(F)C2. The van der Waals surface area contributed by atoms with E-state index in [0.29, 0.717) is 0 Å². The van der Waals surface area contributed by atoms with Crippen molar-refractivity contribution in [3.63, 3.8) is 0 Å². The van der Waals surface area contributed by atoms with Gasteiger partial charge in [0, 0.05) is 17.7 Å². The number of carbonyl (C=O) groups excluding carboxylic acids is 1. The maximum Gasteiger partial charge on any atom is 0.327 e. The van der Waals surface area contributed by atoms with Crippen LogP contribution in [0.3, 0.4) is 0 Å². The predicted molar refractivity (Wildman–Crippen MR) is 56.2 cm³/mol. The molecule has 0 amide bonds. The van der Waals surface area contributed by atoms with Crippen molar-refractivity contribution in [2.75, 3.05) is 6.61 Å². The average Bonchev–Trinajstić information content (AvgIpc) is 2.73. The molecule has 0 unspecified atom stereocenters. The van der Waals surface area contributed by atoms with Crippen LogP contribution >= 0.6 is 0 Å². The molecule has 2 rings (SSSR count). The van der Waals surface area contributed by atoms with Crippen molar-refractivity contribution in [3.8, 4) is 0 Å². The molecule has 8 heteroatoms. The summed E-state index contributed by atoms with van der Waals surface area (Å²) in [6.07, 6.45) is -4.38. The van der Waals surface area contributed by atoms with Crippen molar-refractivity contribution in [1.82, 2.24) is 9.78 Å². The van der Waals surface area contributed by atoms with Gasteiger partial charge in [-0.3, -0.25) is 9.48 Å². The first kappa shape index (κ1) is 13.8. The highest BCUT2D eigenvalue weighted by Crippen LogP contribution is 2.38. The maximum absolute atomic E-state index is 13.3. The van der Waals surface area contributed by atoms with Gasteiger partial charge in [0.15, 0.2) is 0 Å². The van der Waals surface area contributed by atoms with Gasteiger partial charge in [-0.1, -0.05) is 0 Å². The van der Waals surface area contributed by atoms with Gasteiger partial charge in [0.25, 0.3) is 12.3 Å². The molecule has 0 aliphatic heterocycles. The number of aromatic nitrogens is 2. The third kappa shape index (κ3) is 2.71. The van der Waals surface area contributed by atoms with E-state index in [4.69, 9.17) is 0 Å². The fourth-order valence-corrected chi connectivity index (χ4v) is 2.15. The van der Waals surface area contributed by atoms with Gasteiger partial charge in [-0.25, -0.2) is 17.6 Å². The number of fused-ring (bicyclic) bond motifs is 1. The molecule has 0 atom stereocenters. The molecule has 106 valence electrons. The lowest BCUT2D eigenvalue weighted by Gasteiger charge is -2.09. The second-order valence-corrected chi connectivity index (χ2v) is 4.28. The molecule has 0 radical (unpaired) electrons. The molecule has 1 aromatic heterocycles. The van der Waals surface area contributed by atoms with E-state index in [1.807, 2.05) is 0 Å². The number of ether oxygens (including phenoxy) is 1. The maximum atomic E-state index is 13.3.